The van der Waals surface area contributed by atoms with Crippen LogP contribution in [-0.4, -0.2) is 11.0 Å². The molecule has 4 heteroatoms. The van der Waals surface area contributed by atoms with E-state index < -0.39 is 0 Å². The third kappa shape index (κ3) is 3.30. The SMILES string of the molecule is CC(C)N(Cc1ccccc1)c1nccc(CN)c1Cl. The van der Waals surface area contributed by atoms with Crippen LogP contribution in [0.5, 0.6) is 0 Å². The fraction of sp³-hybridized carbons (Fsp3) is 0.312. The molecule has 20 heavy (non-hydrogen) atoms. The monoisotopic (exact) mass is 289 g/mol. The van der Waals surface area contributed by atoms with Gasteiger partial charge in [0.15, 0.2) is 0 Å². The Morgan fingerprint density at radius 1 is 1.20 bits per heavy atom. The van der Waals surface area contributed by atoms with Crippen LogP contribution in [0.1, 0.15) is 25.0 Å². The van der Waals surface area contributed by atoms with Crippen molar-refractivity contribution in [3.05, 3.63) is 58.7 Å². The zero-order valence-electron chi connectivity index (χ0n) is 11.9. The summed E-state index contributed by atoms with van der Waals surface area (Å²) in [6, 6.07) is 12.5. The minimum Gasteiger partial charge on any atom is -0.349 e. The number of nitrogens with two attached hydrogens (primary N) is 1. The van der Waals surface area contributed by atoms with Gasteiger partial charge in [0, 0.05) is 25.3 Å². The van der Waals surface area contributed by atoms with Crippen molar-refractivity contribution in [2.45, 2.75) is 33.0 Å². The summed E-state index contributed by atoms with van der Waals surface area (Å²) in [7, 11) is 0. The quantitative estimate of drug-likeness (QED) is 0.914. The van der Waals surface area contributed by atoms with Crippen molar-refractivity contribution < 1.29 is 0 Å². The maximum absolute atomic E-state index is 6.43. The first-order valence-electron chi connectivity index (χ1n) is 6.77. The largest absolute Gasteiger partial charge is 0.349 e. The summed E-state index contributed by atoms with van der Waals surface area (Å²) in [5, 5.41) is 0.652. The Kier molecular flexibility index (Phi) is 4.99. The lowest BCUT2D eigenvalue weighted by Crippen LogP contribution is -2.31. The van der Waals surface area contributed by atoms with Crippen molar-refractivity contribution in [1.82, 2.24) is 4.98 Å². The maximum Gasteiger partial charge on any atom is 0.148 e. The third-order valence-corrected chi connectivity index (χ3v) is 3.67. The van der Waals surface area contributed by atoms with E-state index >= 15 is 0 Å². The van der Waals surface area contributed by atoms with Crippen LogP contribution in [-0.2, 0) is 13.1 Å². The number of halogens is 1. The molecule has 0 fully saturated rings. The van der Waals surface area contributed by atoms with Crippen LogP contribution in [0.2, 0.25) is 5.02 Å². The Hall–Kier alpha value is -1.58. The minimum absolute atomic E-state index is 0.299. The van der Waals surface area contributed by atoms with Crippen molar-refractivity contribution in [2.24, 2.45) is 5.73 Å². The van der Waals surface area contributed by atoms with Gasteiger partial charge < -0.3 is 10.6 Å². The van der Waals surface area contributed by atoms with Gasteiger partial charge in [-0.25, -0.2) is 4.98 Å². The Morgan fingerprint density at radius 3 is 2.50 bits per heavy atom. The van der Waals surface area contributed by atoms with Gasteiger partial charge in [-0.2, -0.15) is 0 Å². The standard InChI is InChI=1S/C16H20ClN3/c1-12(2)20(11-13-6-4-3-5-7-13)16-15(17)14(10-18)8-9-19-16/h3-9,12H,10-11,18H2,1-2H3. The highest BCUT2D eigenvalue weighted by molar-refractivity contribution is 6.33. The molecule has 0 aliphatic rings. The minimum atomic E-state index is 0.299. The molecule has 0 radical (unpaired) electrons. The van der Waals surface area contributed by atoms with E-state index in [1.807, 2.05) is 24.3 Å². The molecule has 106 valence electrons. The lowest BCUT2D eigenvalue weighted by atomic mass is 10.1. The van der Waals surface area contributed by atoms with Crippen LogP contribution < -0.4 is 10.6 Å². The van der Waals surface area contributed by atoms with E-state index in [1.54, 1.807) is 6.20 Å². The highest BCUT2D eigenvalue weighted by Gasteiger charge is 2.17. The maximum atomic E-state index is 6.43. The van der Waals surface area contributed by atoms with Crippen LogP contribution in [0.15, 0.2) is 42.6 Å². The Balaban J connectivity index is 2.34. The molecule has 0 atom stereocenters. The Morgan fingerprint density at radius 2 is 1.90 bits per heavy atom. The average molecular weight is 290 g/mol. The molecule has 0 aliphatic heterocycles. The van der Waals surface area contributed by atoms with E-state index in [4.69, 9.17) is 17.3 Å². The Bertz CT molecular complexity index is 555. The molecule has 0 bridgehead atoms. The molecular formula is C16H20ClN3. The van der Waals surface area contributed by atoms with Gasteiger partial charge in [-0.1, -0.05) is 41.9 Å². The molecule has 2 aromatic rings. The molecular weight excluding hydrogens is 270 g/mol. The van der Waals surface area contributed by atoms with E-state index in [-0.39, 0.29) is 0 Å². The van der Waals surface area contributed by atoms with E-state index in [9.17, 15) is 0 Å². The molecule has 0 aliphatic carbocycles. The first kappa shape index (κ1) is 14.8. The molecule has 2 rings (SSSR count). The average Bonchev–Trinajstić information content (AvgIpc) is 2.46. The number of benzene rings is 1. The van der Waals surface area contributed by atoms with E-state index in [2.05, 4.69) is 35.9 Å². The number of pyridine rings is 1. The molecule has 0 saturated carbocycles. The fourth-order valence-corrected chi connectivity index (χ4v) is 2.41. The molecule has 1 aromatic carbocycles. The lowest BCUT2D eigenvalue weighted by molar-refractivity contribution is 0.672. The fourth-order valence-electron chi connectivity index (χ4n) is 2.11. The molecule has 2 N–H and O–H groups in total. The van der Waals surface area contributed by atoms with E-state index in [0.717, 1.165) is 17.9 Å². The van der Waals surface area contributed by atoms with Gasteiger partial charge in [0.2, 0.25) is 0 Å². The Labute approximate surface area is 125 Å². The molecule has 0 amide bonds. The molecule has 1 heterocycles. The summed E-state index contributed by atoms with van der Waals surface area (Å²) >= 11 is 6.43. The zero-order valence-corrected chi connectivity index (χ0v) is 12.6. The van der Waals surface area contributed by atoms with Gasteiger partial charge in [-0.05, 0) is 31.0 Å². The van der Waals surface area contributed by atoms with Crippen molar-refractivity contribution in [2.75, 3.05) is 4.90 Å². The highest BCUT2D eigenvalue weighted by Crippen LogP contribution is 2.29. The lowest BCUT2D eigenvalue weighted by Gasteiger charge is -2.29. The predicted octanol–water partition coefficient (Wildman–Crippen LogP) is 3.61. The van der Waals surface area contributed by atoms with Gasteiger partial charge in [0.05, 0.1) is 5.02 Å². The smallest absolute Gasteiger partial charge is 0.148 e. The van der Waals surface area contributed by atoms with Crippen LogP contribution in [0.25, 0.3) is 0 Å². The number of aromatic nitrogens is 1. The summed E-state index contributed by atoms with van der Waals surface area (Å²) in [4.78, 5) is 6.63. The topological polar surface area (TPSA) is 42.2 Å². The van der Waals surface area contributed by atoms with Gasteiger partial charge in [-0.15, -0.1) is 0 Å². The van der Waals surface area contributed by atoms with Gasteiger partial charge in [-0.3, -0.25) is 0 Å². The van der Waals surface area contributed by atoms with Crippen LogP contribution in [0, 0.1) is 0 Å². The number of hydrogen-bond acceptors (Lipinski definition) is 3. The van der Waals surface area contributed by atoms with Crippen molar-refractivity contribution in [3.63, 3.8) is 0 Å². The van der Waals surface area contributed by atoms with Crippen LogP contribution >= 0.6 is 11.6 Å². The van der Waals surface area contributed by atoms with E-state index in [1.165, 1.54) is 5.56 Å². The summed E-state index contributed by atoms with van der Waals surface area (Å²) in [5.41, 5.74) is 7.88. The third-order valence-electron chi connectivity index (χ3n) is 3.26. The molecule has 0 saturated heterocycles. The van der Waals surface area contributed by atoms with Crippen LogP contribution in [0.4, 0.5) is 5.82 Å². The predicted molar refractivity (Wildman–Crippen MR) is 84.9 cm³/mol. The highest BCUT2D eigenvalue weighted by atomic mass is 35.5. The summed E-state index contributed by atoms with van der Waals surface area (Å²) in [6.07, 6.45) is 1.77. The number of nitrogens with zero attached hydrogens (tertiary/aromatic N) is 2. The number of hydrogen-bond donors (Lipinski definition) is 1. The summed E-state index contributed by atoms with van der Waals surface area (Å²) in [5.74, 6) is 0.800. The van der Waals surface area contributed by atoms with Gasteiger partial charge in [0.25, 0.3) is 0 Å². The number of anilines is 1. The normalized spacial score (nSPS) is 10.8. The second-order valence-electron chi connectivity index (χ2n) is 5.02. The molecule has 1 aromatic heterocycles. The van der Waals surface area contributed by atoms with Gasteiger partial charge >= 0.3 is 0 Å². The van der Waals surface area contributed by atoms with Crippen molar-refractivity contribution in [3.8, 4) is 0 Å². The van der Waals surface area contributed by atoms with Crippen LogP contribution in [0.3, 0.4) is 0 Å². The summed E-state index contributed by atoms with van der Waals surface area (Å²) < 4.78 is 0. The van der Waals surface area contributed by atoms with Crippen molar-refractivity contribution >= 4 is 17.4 Å². The second-order valence-corrected chi connectivity index (χ2v) is 5.40. The summed E-state index contributed by atoms with van der Waals surface area (Å²) in [6.45, 7) is 5.47. The first-order valence-corrected chi connectivity index (χ1v) is 7.15. The van der Waals surface area contributed by atoms with Crippen molar-refractivity contribution in [1.29, 1.82) is 0 Å². The zero-order chi connectivity index (χ0) is 14.5. The molecule has 0 spiro atoms. The van der Waals surface area contributed by atoms with Gasteiger partial charge in [0.1, 0.15) is 5.82 Å². The first-order chi connectivity index (χ1) is 9.63. The number of rotatable bonds is 5. The molecule has 0 unspecified atom stereocenters. The van der Waals surface area contributed by atoms with E-state index in [0.29, 0.717) is 17.6 Å². The molecule has 3 nitrogen and oxygen atoms in total. The second kappa shape index (κ2) is 6.73.